The Morgan fingerprint density at radius 1 is 0.583 bits per heavy atom. The van der Waals surface area contributed by atoms with E-state index in [1.807, 2.05) is 10.0 Å². The summed E-state index contributed by atoms with van der Waals surface area (Å²) in [7, 11) is 0. The van der Waals surface area contributed by atoms with Gasteiger partial charge in [-0.3, -0.25) is 39.4 Å². The fraction of sp³-hybridized carbons (Fsp3) is 0.450. The molecule has 0 aliphatic carbocycles. The minimum Gasteiger partial charge on any atom is -0.466 e. The zero-order valence-electron chi connectivity index (χ0n) is 33.7. The Labute approximate surface area is 344 Å². The molecule has 2 aromatic rings. The summed E-state index contributed by atoms with van der Waals surface area (Å²) >= 11 is 0. The van der Waals surface area contributed by atoms with Crippen LogP contribution in [0.15, 0.2) is 71.1 Å². The Hall–Kier alpha value is -6.54. The summed E-state index contributed by atoms with van der Waals surface area (Å²) < 4.78 is 20.2. The Morgan fingerprint density at radius 3 is 1.22 bits per heavy atom. The van der Waals surface area contributed by atoms with Crippen molar-refractivity contribution in [1.29, 1.82) is 0 Å². The van der Waals surface area contributed by atoms with Gasteiger partial charge in [0.25, 0.3) is 11.4 Å². The molecule has 0 unspecified atom stereocenters. The van der Waals surface area contributed by atoms with Crippen LogP contribution in [-0.2, 0) is 47.7 Å². The van der Waals surface area contributed by atoms with Crippen LogP contribution < -0.4 is 0 Å². The van der Waals surface area contributed by atoms with E-state index in [9.17, 15) is 49.0 Å². The number of carbonyl (C=O) groups excluding carboxylic acids is 6. The van der Waals surface area contributed by atoms with Gasteiger partial charge in [0.15, 0.2) is 0 Å². The van der Waals surface area contributed by atoms with Gasteiger partial charge in [-0.25, -0.2) is 29.6 Å². The van der Waals surface area contributed by atoms with E-state index in [0.717, 1.165) is 11.1 Å². The maximum absolute atomic E-state index is 12.6. The van der Waals surface area contributed by atoms with Crippen molar-refractivity contribution in [2.24, 2.45) is 0 Å². The predicted octanol–water partition coefficient (Wildman–Crippen LogP) is 4.52. The topological polar surface area (TPSA) is 239 Å². The third kappa shape index (κ3) is 9.83. The standard InChI is InChI=1S/2C20H23N3O7/c2*1-3-29-19(25)11-15(20(26)30-4-2)17-12-16(21-10-9-18(24)22(17)21)13-5-7-14(8-6-13)23(27)28/h2*5-8,16H,3-4,9-12H2,1-2H3/b2*17-15+/t2*16-/m11/s1. The molecule has 0 saturated carbocycles. The summed E-state index contributed by atoms with van der Waals surface area (Å²) in [5.41, 5.74) is 2.50. The van der Waals surface area contributed by atoms with Crippen LogP contribution in [0.2, 0.25) is 0 Å². The normalized spacial score (nSPS) is 20.1. The zero-order chi connectivity index (χ0) is 43.7. The van der Waals surface area contributed by atoms with Crippen molar-refractivity contribution in [1.82, 2.24) is 20.0 Å². The molecule has 20 nitrogen and oxygen atoms in total. The molecule has 0 spiro atoms. The molecule has 4 heterocycles. The van der Waals surface area contributed by atoms with Gasteiger partial charge < -0.3 is 18.9 Å². The van der Waals surface area contributed by atoms with Gasteiger partial charge in [0, 0.05) is 63.0 Å². The maximum atomic E-state index is 12.6. The van der Waals surface area contributed by atoms with Crippen molar-refractivity contribution < 1.29 is 57.6 Å². The van der Waals surface area contributed by atoms with E-state index in [1.165, 1.54) is 34.3 Å². The number of hydrogen-bond donors (Lipinski definition) is 0. The number of nitro groups is 2. The number of hydrazine groups is 2. The fourth-order valence-corrected chi connectivity index (χ4v) is 7.52. The van der Waals surface area contributed by atoms with Crippen LogP contribution in [0.4, 0.5) is 11.4 Å². The molecule has 0 bridgehead atoms. The predicted molar refractivity (Wildman–Crippen MR) is 207 cm³/mol. The number of fused-ring (bicyclic) bond motifs is 2. The minimum absolute atomic E-state index is 0.0311. The monoisotopic (exact) mass is 834 g/mol. The fourth-order valence-electron chi connectivity index (χ4n) is 7.52. The Bertz CT molecular complexity index is 1940. The first-order valence-electron chi connectivity index (χ1n) is 19.5. The number of hydrogen-bond acceptors (Lipinski definition) is 16. The summed E-state index contributed by atoms with van der Waals surface area (Å²) in [6.07, 6.45) is 0.512. The second kappa shape index (κ2) is 19.9. The quantitative estimate of drug-likeness (QED) is 0.0836. The number of benzene rings is 2. The van der Waals surface area contributed by atoms with Gasteiger partial charge in [-0.1, -0.05) is 24.3 Å². The van der Waals surface area contributed by atoms with Crippen molar-refractivity contribution in [2.45, 2.75) is 78.3 Å². The van der Waals surface area contributed by atoms with Crippen LogP contribution in [0.5, 0.6) is 0 Å². The number of carbonyl (C=O) groups is 6. The third-order valence-electron chi connectivity index (χ3n) is 10.1. The van der Waals surface area contributed by atoms with Crippen LogP contribution in [0.25, 0.3) is 0 Å². The minimum atomic E-state index is -0.662. The van der Waals surface area contributed by atoms with E-state index in [2.05, 4.69) is 0 Å². The van der Waals surface area contributed by atoms with Crippen molar-refractivity contribution in [3.8, 4) is 0 Å². The summed E-state index contributed by atoms with van der Waals surface area (Å²) in [6.45, 7) is 8.14. The summed E-state index contributed by atoms with van der Waals surface area (Å²) in [6, 6.07) is 11.6. The van der Waals surface area contributed by atoms with Crippen molar-refractivity contribution in [2.75, 3.05) is 39.5 Å². The molecule has 320 valence electrons. The Kier molecular flexibility index (Phi) is 14.8. The third-order valence-corrected chi connectivity index (χ3v) is 10.1. The highest BCUT2D eigenvalue weighted by Gasteiger charge is 2.47. The second-order valence-electron chi connectivity index (χ2n) is 13.6. The van der Waals surface area contributed by atoms with Crippen molar-refractivity contribution in [3.63, 3.8) is 0 Å². The molecule has 2 aromatic carbocycles. The Balaban J connectivity index is 0.000000228. The highest BCUT2D eigenvalue weighted by Crippen LogP contribution is 2.45. The molecule has 0 N–H and O–H groups in total. The molecule has 0 aromatic heterocycles. The lowest BCUT2D eigenvalue weighted by Gasteiger charge is -2.25. The Morgan fingerprint density at radius 2 is 0.917 bits per heavy atom. The first-order valence-corrected chi connectivity index (χ1v) is 19.5. The van der Waals surface area contributed by atoms with Crippen molar-refractivity contribution >= 4 is 47.1 Å². The number of nitrogens with zero attached hydrogens (tertiary/aromatic N) is 6. The van der Waals surface area contributed by atoms with Crippen LogP contribution in [0, 0.1) is 20.2 Å². The molecule has 0 radical (unpaired) electrons. The summed E-state index contributed by atoms with van der Waals surface area (Å²) in [5.74, 6) is -2.84. The molecular formula is C40H46N6O14. The summed E-state index contributed by atoms with van der Waals surface area (Å²) in [5, 5.41) is 28.4. The molecule has 60 heavy (non-hydrogen) atoms. The average Bonchev–Trinajstić information content (AvgIpc) is 4.00. The van der Waals surface area contributed by atoms with Crippen LogP contribution in [-0.4, -0.2) is 105 Å². The van der Waals surface area contributed by atoms with Crippen molar-refractivity contribution in [3.05, 3.63) is 102 Å². The molecule has 4 saturated heterocycles. The number of esters is 4. The van der Waals surface area contributed by atoms with Crippen LogP contribution in [0.1, 0.15) is 89.4 Å². The smallest absolute Gasteiger partial charge is 0.336 e. The van der Waals surface area contributed by atoms with E-state index in [4.69, 9.17) is 18.9 Å². The lowest BCUT2D eigenvalue weighted by Crippen LogP contribution is -2.34. The second-order valence-corrected chi connectivity index (χ2v) is 13.6. The zero-order valence-corrected chi connectivity index (χ0v) is 33.7. The number of ether oxygens (including phenoxy) is 4. The summed E-state index contributed by atoms with van der Waals surface area (Å²) in [4.78, 5) is 95.5. The average molecular weight is 835 g/mol. The van der Waals surface area contributed by atoms with Crippen LogP contribution in [0.3, 0.4) is 0 Å². The molecule has 6 rings (SSSR count). The maximum Gasteiger partial charge on any atom is 0.336 e. The van der Waals surface area contributed by atoms with E-state index >= 15 is 0 Å². The van der Waals surface area contributed by atoms with E-state index in [-0.39, 0.29) is 111 Å². The van der Waals surface area contributed by atoms with E-state index in [1.54, 1.807) is 52.0 Å². The molecule has 4 aliphatic heterocycles. The van der Waals surface area contributed by atoms with E-state index in [0.29, 0.717) is 24.5 Å². The molecule has 2 amide bonds. The molecular weight excluding hydrogens is 788 g/mol. The van der Waals surface area contributed by atoms with Gasteiger partial charge in [-0.05, 0) is 38.8 Å². The molecule has 20 heteroatoms. The molecule has 4 aliphatic rings. The van der Waals surface area contributed by atoms with Gasteiger partial charge >= 0.3 is 23.9 Å². The highest BCUT2D eigenvalue weighted by molar-refractivity contribution is 5.97. The van der Waals surface area contributed by atoms with Crippen LogP contribution >= 0.6 is 0 Å². The van der Waals surface area contributed by atoms with E-state index < -0.39 is 33.7 Å². The largest absolute Gasteiger partial charge is 0.466 e. The lowest BCUT2D eigenvalue weighted by atomic mass is 9.99. The van der Waals surface area contributed by atoms with Gasteiger partial charge in [0.2, 0.25) is 11.8 Å². The number of nitro benzene ring substituents is 2. The van der Waals surface area contributed by atoms with Gasteiger partial charge in [-0.2, -0.15) is 0 Å². The number of non-ortho nitro benzene ring substituents is 2. The number of rotatable bonds is 14. The first-order chi connectivity index (χ1) is 28.7. The SMILES string of the molecule is CCOC(=O)C/C(C(=O)OCC)=C1/C[C@H](c2ccc([N+](=O)[O-])cc2)N2CCC(=O)N12.CCOC(=O)C/C(C(=O)OCC)=C1/C[C@H](c2ccc([N+](=O)[O-])cc2)N2CCC(=O)N12. The van der Waals surface area contributed by atoms with Gasteiger partial charge in [0.1, 0.15) is 0 Å². The number of amides is 2. The lowest BCUT2D eigenvalue weighted by molar-refractivity contribution is -0.385. The molecule has 4 fully saturated rings. The first kappa shape index (κ1) is 44.6. The van der Waals surface area contributed by atoms with Gasteiger partial charge in [0.05, 0.1) is 83.7 Å². The highest BCUT2D eigenvalue weighted by atomic mass is 16.6. The molecule has 2 atom stereocenters. The van der Waals surface area contributed by atoms with Gasteiger partial charge in [-0.15, -0.1) is 0 Å².